The molecule has 4 aliphatic carbocycles. The standard InChI is InChI=1S/C37H54O5/c1-8-24(21(2)3)19-31(39)22(4)28-13-14-29-27-20-32(40)34-23(5)33(42-35(41)25-9-11-26(38)12-10-25)16-18-37(34,7)30(27)15-17-36(28,29)6/h9-12,20-24,28-31,33-34,38-39H,8,13-19H2,1-7H3. The number of phenols is 1. The Morgan fingerprint density at radius 3 is 2.29 bits per heavy atom. The topological polar surface area (TPSA) is 83.8 Å². The fourth-order valence-electron chi connectivity index (χ4n) is 10.4. The highest BCUT2D eigenvalue weighted by Crippen LogP contribution is 2.67. The molecule has 0 aromatic heterocycles. The highest BCUT2D eigenvalue weighted by Gasteiger charge is 2.61. The maximum atomic E-state index is 14.0. The van der Waals surface area contributed by atoms with E-state index in [1.165, 1.54) is 17.7 Å². The predicted octanol–water partition coefficient (Wildman–Crippen LogP) is 7.99. The number of aliphatic hydroxyl groups excluding tert-OH is 1. The molecule has 0 amide bonds. The van der Waals surface area contributed by atoms with E-state index < -0.39 is 5.97 Å². The van der Waals surface area contributed by atoms with E-state index in [0.717, 1.165) is 51.4 Å². The van der Waals surface area contributed by atoms with E-state index in [0.29, 0.717) is 35.2 Å². The van der Waals surface area contributed by atoms with Gasteiger partial charge in [-0.1, -0.05) is 60.5 Å². The number of benzene rings is 1. The van der Waals surface area contributed by atoms with Gasteiger partial charge in [-0.2, -0.15) is 0 Å². The van der Waals surface area contributed by atoms with Crippen LogP contribution in [0.2, 0.25) is 0 Å². The van der Waals surface area contributed by atoms with Gasteiger partial charge in [0.15, 0.2) is 5.78 Å². The van der Waals surface area contributed by atoms with Gasteiger partial charge >= 0.3 is 5.97 Å². The molecule has 232 valence electrons. The summed E-state index contributed by atoms with van der Waals surface area (Å²) in [4.78, 5) is 26.9. The number of phenolic OH excluding ortho intramolecular Hbond substituents is 1. The van der Waals surface area contributed by atoms with Gasteiger partial charge in [0.2, 0.25) is 0 Å². The van der Waals surface area contributed by atoms with E-state index in [2.05, 4.69) is 48.5 Å². The van der Waals surface area contributed by atoms with Crippen LogP contribution in [0.15, 0.2) is 35.9 Å². The van der Waals surface area contributed by atoms with Crippen LogP contribution in [-0.4, -0.2) is 34.2 Å². The Balaban J connectivity index is 1.33. The van der Waals surface area contributed by atoms with Crippen molar-refractivity contribution in [1.82, 2.24) is 0 Å². The van der Waals surface area contributed by atoms with Crippen molar-refractivity contribution in [1.29, 1.82) is 0 Å². The average Bonchev–Trinajstić information content (AvgIpc) is 3.30. The number of ketones is 1. The SMILES string of the molecule is CCC(CC(O)C(C)C1CCC2C3=CC(=O)C4C(C)C(OC(=O)c5ccc(O)cc5)CCC4(C)C3CCC21C)C(C)C. The first-order valence-corrected chi connectivity index (χ1v) is 16.7. The molecule has 0 saturated heterocycles. The van der Waals surface area contributed by atoms with E-state index in [4.69, 9.17) is 4.74 Å². The molecule has 2 N–H and O–H groups in total. The first-order valence-electron chi connectivity index (χ1n) is 16.7. The normalized spacial score (nSPS) is 38.1. The molecule has 0 radical (unpaired) electrons. The van der Waals surface area contributed by atoms with Gasteiger partial charge in [-0.25, -0.2) is 4.79 Å². The summed E-state index contributed by atoms with van der Waals surface area (Å²) >= 11 is 0. The van der Waals surface area contributed by atoms with Crippen LogP contribution in [0, 0.1) is 58.2 Å². The molecule has 5 rings (SSSR count). The van der Waals surface area contributed by atoms with E-state index in [9.17, 15) is 19.8 Å². The van der Waals surface area contributed by atoms with Crippen LogP contribution >= 0.6 is 0 Å². The Kier molecular flexibility index (Phi) is 8.75. The van der Waals surface area contributed by atoms with Crippen molar-refractivity contribution < 1.29 is 24.5 Å². The number of carbonyl (C=O) groups is 2. The van der Waals surface area contributed by atoms with Crippen molar-refractivity contribution in [2.75, 3.05) is 0 Å². The third-order valence-electron chi connectivity index (χ3n) is 13.0. The molecule has 11 atom stereocenters. The Bertz CT molecular complexity index is 1190. The number of carbonyl (C=O) groups excluding carboxylic acids is 2. The summed E-state index contributed by atoms with van der Waals surface area (Å²) in [6.07, 6.45) is 9.54. The van der Waals surface area contributed by atoms with Gasteiger partial charge in [0, 0.05) is 11.8 Å². The minimum Gasteiger partial charge on any atom is -0.508 e. The number of esters is 1. The van der Waals surface area contributed by atoms with Crippen molar-refractivity contribution in [2.24, 2.45) is 58.2 Å². The number of aromatic hydroxyl groups is 1. The molecule has 3 fully saturated rings. The lowest BCUT2D eigenvalue weighted by atomic mass is 9.46. The number of aliphatic hydroxyl groups is 1. The average molecular weight is 579 g/mol. The zero-order valence-corrected chi connectivity index (χ0v) is 26.9. The largest absolute Gasteiger partial charge is 0.508 e. The summed E-state index contributed by atoms with van der Waals surface area (Å²) in [6.45, 7) is 15.9. The molecule has 5 nitrogen and oxygen atoms in total. The van der Waals surface area contributed by atoms with Crippen molar-refractivity contribution >= 4 is 11.8 Å². The lowest BCUT2D eigenvalue weighted by Crippen LogP contribution is -2.56. The number of fused-ring (bicyclic) bond motifs is 5. The Morgan fingerprint density at radius 2 is 1.64 bits per heavy atom. The summed E-state index contributed by atoms with van der Waals surface area (Å²) in [6, 6.07) is 6.15. The van der Waals surface area contributed by atoms with Crippen molar-refractivity contribution in [2.45, 2.75) is 112 Å². The fraction of sp³-hybridized carbons (Fsp3) is 0.730. The summed E-state index contributed by atoms with van der Waals surface area (Å²) in [5.41, 5.74) is 1.80. The Hall–Kier alpha value is -2.14. The maximum absolute atomic E-state index is 14.0. The number of ether oxygens (including phenoxy) is 1. The highest BCUT2D eigenvalue weighted by molar-refractivity contribution is 5.95. The molecule has 11 unspecified atom stereocenters. The van der Waals surface area contributed by atoms with Gasteiger partial charge in [0.1, 0.15) is 11.9 Å². The first kappa shape index (κ1) is 31.3. The van der Waals surface area contributed by atoms with Crippen LogP contribution in [0.25, 0.3) is 0 Å². The molecule has 0 heterocycles. The van der Waals surface area contributed by atoms with Crippen LogP contribution < -0.4 is 0 Å². The summed E-state index contributed by atoms with van der Waals surface area (Å²) in [5, 5.41) is 21.0. The van der Waals surface area contributed by atoms with Crippen molar-refractivity contribution in [3.63, 3.8) is 0 Å². The molecule has 5 heteroatoms. The third kappa shape index (κ3) is 5.26. The number of hydrogen-bond acceptors (Lipinski definition) is 5. The zero-order valence-electron chi connectivity index (χ0n) is 26.9. The highest BCUT2D eigenvalue weighted by atomic mass is 16.5. The molecule has 0 aliphatic heterocycles. The predicted molar refractivity (Wildman–Crippen MR) is 166 cm³/mol. The quantitative estimate of drug-likeness (QED) is 0.306. The minimum atomic E-state index is -0.393. The summed E-state index contributed by atoms with van der Waals surface area (Å²) in [7, 11) is 0. The van der Waals surface area contributed by atoms with E-state index in [1.54, 1.807) is 12.1 Å². The Morgan fingerprint density at radius 1 is 1.00 bits per heavy atom. The van der Waals surface area contributed by atoms with E-state index in [1.807, 2.05) is 6.08 Å². The molecule has 0 spiro atoms. The number of hydrogen-bond donors (Lipinski definition) is 2. The first-order chi connectivity index (χ1) is 19.8. The smallest absolute Gasteiger partial charge is 0.338 e. The molecular formula is C37H54O5. The lowest BCUT2D eigenvalue weighted by Gasteiger charge is -2.58. The fourth-order valence-corrected chi connectivity index (χ4v) is 10.4. The third-order valence-corrected chi connectivity index (χ3v) is 13.0. The summed E-state index contributed by atoms with van der Waals surface area (Å²) in [5.74, 6) is 2.39. The lowest BCUT2D eigenvalue weighted by molar-refractivity contribution is -0.140. The van der Waals surface area contributed by atoms with E-state index >= 15 is 0 Å². The molecule has 1 aromatic rings. The van der Waals surface area contributed by atoms with Gasteiger partial charge in [-0.05, 0) is 122 Å². The van der Waals surface area contributed by atoms with Gasteiger partial charge < -0.3 is 14.9 Å². The van der Waals surface area contributed by atoms with Crippen LogP contribution in [0.5, 0.6) is 5.75 Å². The van der Waals surface area contributed by atoms with Gasteiger partial charge in [-0.15, -0.1) is 0 Å². The molecule has 42 heavy (non-hydrogen) atoms. The second kappa shape index (κ2) is 11.7. The van der Waals surface area contributed by atoms with Crippen molar-refractivity contribution in [3.05, 3.63) is 41.5 Å². The molecule has 0 bridgehead atoms. The molecule has 3 saturated carbocycles. The van der Waals surface area contributed by atoms with Crippen LogP contribution in [-0.2, 0) is 9.53 Å². The maximum Gasteiger partial charge on any atom is 0.338 e. The molecular weight excluding hydrogens is 524 g/mol. The second-order valence-corrected chi connectivity index (χ2v) is 15.3. The Labute approximate surface area is 253 Å². The van der Waals surface area contributed by atoms with Gasteiger partial charge in [-0.3, -0.25) is 4.79 Å². The number of allylic oxidation sites excluding steroid dienone is 2. The number of rotatable bonds is 8. The molecule has 1 aromatic carbocycles. The van der Waals surface area contributed by atoms with Crippen LogP contribution in [0.4, 0.5) is 0 Å². The summed E-state index contributed by atoms with van der Waals surface area (Å²) < 4.78 is 5.99. The zero-order chi connectivity index (χ0) is 30.6. The monoisotopic (exact) mass is 578 g/mol. The van der Waals surface area contributed by atoms with Gasteiger partial charge in [0.05, 0.1) is 11.7 Å². The van der Waals surface area contributed by atoms with Crippen LogP contribution in [0.3, 0.4) is 0 Å². The minimum absolute atomic E-state index is 0.0533. The van der Waals surface area contributed by atoms with Crippen LogP contribution in [0.1, 0.15) is 110 Å². The second-order valence-electron chi connectivity index (χ2n) is 15.3. The van der Waals surface area contributed by atoms with E-state index in [-0.39, 0.29) is 52.3 Å². The van der Waals surface area contributed by atoms with Gasteiger partial charge in [0.25, 0.3) is 0 Å². The molecule has 4 aliphatic rings. The van der Waals surface area contributed by atoms with Crippen molar-refractivity contribution in [3.8, 4) is 5.75 Å².